The lowest BCUT2D eigenvalue weighted by atomic mass is 9.60. The highest BCUT2D eigenvalue weighted by atomic mass is 19.1. The third-order valence-corrected chi connectivity index (χ3v) is 3.21. The molecule has 2 aliphatic rings. The van der Waals surface area contributed by atoms with E-state index < -0.39 is 6.09 Å². The van der Waals surface area contributed by atoms with Gasteiger partial charge in [0.2, 0.25) is 0 Å². The third kappa shape index (κ3) is 1.68. The maximum Gasteiger partial charge on any atom is 0.404 e. The number of hydrogen-bond acceptors (Lipinski definition) is 2. The summed E-state index contributed by atoms with van der Waals surface area (Å²) in [5.74, 6) is 0. The fourth-order valence-corrected chi connectivity index (χ4v) is 2.70. The van der Waals surface area contributed by atoms with E-state index in [1.165, 1.54) is 0 Å². The van der Waals surface area contributed by atoms with Crippen molar-refractivity contribution in [2.24, 2.45) is 5.41 Å². The minimum atomic E-state index is -0.940. The molecule has 1 amide bonds. The van der Waals surface area contributed by atoms with E-state index in [0.717, 1.165) is 25.9 Å². The first kappa shape index (κ1) is 9.71. The maximum atomic E-state index is 12.0. The zero-order chi connectivity index (χ0) is 10.2. The molecular formula is C9H15FN2O2. The molecule has 1 aliphatic heterocycles. The summed E-state index contributed by atoms with van der Waals surface area (Å²) in [6.07, 6.45) is 0.897. The van der Waals surface area contributed by atoms with Gasteiger partial charge in [0.15, 0.2) is 0 Å². The second-order valence-electron chi connectivity index (χ2n) is 4.45. The van der Waals surface area contributed by atoms with Crippen LogP contribution in [0.5, 0.6) is 0 Å². The molecule has 2 N–H and O–H groups in total. The predicted molar refractivity (Wildman–Crippen MR) is 49.0 cm³/mol. The molecule has 0 bridgehead atoms. The highest BCUT2D eigenvalue weighted by Gasteiger charge is 2.52. The number of nitrogens with one attached hydrogen (secondary N) is 1. The van der Waals surface area contributed by atoms with Gasteiger partial charge in [-0.25, -0.2) is 9.18 Å². The van der Waals surface area contributed by atoms with Crippen LogP contribution in [0.25, 0.3) is 0 Å². The standard InChI is InChI=1S/C9H15FN2O2/c10-1-2-12-5-9(6-12)3-7(4-9)11-8(13)14/h7,11H,1-6H2,(H,13,14). The van der Waals surface area contributed by atoms with E-state index in [2.05, 4.69) is 10.2 Å². The van der Waals surface area contributed by atoms with Crippen LogP contribution in [0.4, 0.5) is 9.18 Å². The number of rotatable bonds is 3. The molecule has 4 nitrogen and oxygen atoms in total. The van der Waals surface area contributed by atoms with Gasteiger partial charge in [-0.05, 0) is 18.3 Å². The molecule has 0 aromatic carbocycles. The molecule has 0 atom stereocenters. The van der Waals surface area contributed by atoms with Crippen LogP contribution in [-0.4, -0.2) is 48.5 Å². The van der Waals surface area contributed by atoms with Gasteiger partial charge in [0.25, 0.3) is 0 Å². The van der Waals surface area contributed by atoms with Gasteiger partial charge in [-0.3, -0.25) is 4.90 Å². The first-order valence-corrected chi connectivity index (χ1v) is 4.91. The molecular weight excluding hydrogens is 187 g/mol. The van der Waals surface area contributed by atoms with Crippen LogP contribution in [0.15, 0.2) is 0 Å². The van der Waals surface area contributed by atoms with E-state index in [1.807, 2.05) is 0 Å². The summed E-state index contributed by atoms with van der Waals surface area (Å²) >= 11 is 0. The lowest BCUT2D eigenvalue weighted by molar-refractivity contribution is -0.0781. The highest BCUT2D eigenvalue weighted by molar-refractivity contribution is 5.65. The number of likely N-dealkylation sites (tertiary alicyclic amines) is 1. The second-order valence-corrected chi connectivity index (χ2v) is 4.45. The number of carbonyl (C=O) groups is 1. The summed E-state index contributed by atoms with van der Waals surface area (Å²) < 4.78 is 12.0. The Morgan fingerprint density at radius 3 is 2.71 bits per heavy atom. The zero-order valence-electron chi connectivity index (χ0n) is 8.00. The Bertz CT molecular complexity index is 233. The van der Waals surface area contributed by atoms with Crippen molar-refractivity contribution in [3.8, 4) is 0 Å². The van der Waals surface area contributed by atoms with Crippen LogP contribution >= 0.6 is 0 Å². The third-order valence-electron chi connectivity index (χ3n) is 3.21. The lowest BCUT2D eigenvalue weighted by Crippen LogP contribution is -2.66. The molecule has 5 heteroatoms. The van der Waals surface area contributed by atoms with Crippen molar-refractivity contribution in [1.29, 1.82) is 0 Å². The van der Waals surface area contributed by atoms with Crippen molar-refractivity contribution in [3.63, 3.8) is 0 Å². The Morgan fingerprint density at radius 1 is 1.57 bits per heavy atom. The summed E-state index contributed by atoms with van der Waals surface area (Å²) in [5, 5.41) is 10.9. The number of amides is 1. The first-order chi connectivity index (χ1) is 6.63. The summed E-state index contributed by atoms with van der Waals surface area (Å²) in [6.45, 7) is 2.12. The fourth-order valence-electron chi connectivity index (χ4n) is 2.70. The second kappa shape index (κ2) is 3.38. The molecule has 80 valence electrons. The van der Waals surface area contributed by atoms with Gasteiger partial charge in [0.1, 0.15) is 6.67 Å². The minimum Gasteiger partial charge on any atom is -0.465 e. The van der Waals surface area contributed by atoms with Crippen molar-refractivity contribution in [2.45, 2.75) is 18.9 Å². The highest BCUT2D eigenvalue weighted by Crippen LogP contribution is 2.48. The van der Waals surface area contributed by atoms with Crippen molar-refractivity contribution in [1.82, 2.24) is 10.2 Å². The first-order valence-electron chi connectivity index (χ1n) is 4.91. The van der Waals surface area contributed by atoms with Gasteiger partial charge >= 0.3 is 6.09 Å². The van der Waals surface area contributed by atoms with E-state index >= 15 is 0 Å². The van der Waals surface area contributed by atoms with Crippen LogP contribution in [0.2, 0.25) is 0 Å². The Kier molecular flexibility index (Phi) is 2.34. The van der Waals surface area contributed by atoms with Crippen LogP contribution in [-0.2, 0) is 0 Å². The Labute approximate surface area is 82.1 Å². The van der Waals surface area contributed by atoms with E-state index in [9.17, 15) is 9.18 Å². The smallest absolute Gasteiger partial charge is 0.404 e. The van der Waals surface area contributed by atoms with Crippen LogP contribution in [0, 0.1) is 5.41 Å². The quantitative estimate of drug-likeness (QED) is 0.708. The normalized spacial score (nSPS) is 25.5. The average Bonchev–Trinajstić information content (AvgIpc) is 1.95. The van der Waals surface area contributed by atoms with Gasteiger partial charge < -0.3 is 10.4 Å². The maximum absolute atomic E-state index is 12.0. The van der Waals surface area contributed by atoms with Crippen molar-refractivity contribution in [3.05, 3.63) is 0 Å². The van der Waals surface area contributed by atoms with Gasteiger partial charge in [-0.15, -0.1) is 0 Å². The van der Waals surface area contributed by atoms with Crippen LogP contribution in [0.3, 0.4) is 0 Å². The molecule has 1 aliphatic carbocycles. The molecule has 0 unspecified atom stereocenters. The Balaban J connectivity index is 1.66. The fraction of sp³-hybridized carbons (Fsp3) is 0.889. The SMILES string of the molecule is O=C(O)NC1CC2(C1)CN(CCF)C2. The predicted octanol–water partition coefficient (Wildman–Crippen LogP) is 0.688. The summed E-state index contributed by atoms with van der Waals surface area (Å²) in [4.78, 5) is 12.4. The Hall–Kier alpha value is -0.840. The molecule has 0 aromatic rings. The molecule has 1 saturated carbocycles. The molecule has 2 rings (SSSR count). The van der Waals surface area contributed by atoms with E-state index in [1.54, 1.807) is 0 Å². The number of alkyl halides is 1. The minimum absolute atomic E-state index is 0.125. The summed E-state index contributed by atoms with van der Waals surface area (Å²) in [7, 11) is 0. The van der Waals surface area contributed by atoms with Crippen molar-refractivity contribution in [2.75, 3.05) is 26.3 Å². The van der Waals surface area contributed by atoms with E-state index in [4.69, 9.17) is 5.11 Å². The zero-order valence-corrected chi connectivity index (χ0v) is 8.00. The van der Waals surface area contributed by atoms with Gasteiger partial charge in [-0.1, -0.05) is 0 Å². The number of halogens is 1. The van der Waals surface area contributed by atoms with Gasteiger partial charge in [0, 0.05) is 25.7 Å². The molecule has 2 fully saturated rings. The molecule has 0 radical (unpaired) electrons. The van der Waals surface area contributed by atoms with Crippen molar-refractivity contribution >= 4 is 6.09 Å². The van der Waals surface area contributed by atoms with Gasteiger partial charge in [0.05, 0.1) is 0 Å². The van der Waals surface area contributed by atoms with Crippen LogP contribution < -0.4 is 5.32 Å². The molecule has 1 spiro atoms. The van der Waals surface area contributed by atoms with E-state index in [0.29, 0.717) is 12.0 Å². The number of nitrogens with zero attached hydrogens (tertiary/aromatic N) is 1. The number of carboxylic acid groups (broad SMARTS) is 1. The Morgan fingerprint density at radius 2 is 2.21 bits per heavy atom. The van der Waals surface area contributed by atoms with Crippen molar-refractivity contribution < 1.29 is 14.3 Å². The monoisotopic (exact) mass is 202 g/mol. The number of hydrogen-bond donors (Lipinski definition) is 2. The molecule has 14 heavy (non-hydrogen) atoms. The van der Waals surface area contributed by atoms with Crippen LogP contribution in [0.1, 0.15) is 12.8 Å². The molecule has 0 aromatic heterocycles. The molecule has 1 heterocycles. The average molecular weight is 202 g/mol. The topological polar surface area (TPSA) is 52.6 Å². The molecule has 1 saturated heterocycles. The van der Waals surface area contributed by atoms with E-state index in [-0.39, 0.29) is 12.7 Å². The largest absolute Gasteiger partial charge is 0.465 e. The summed E-state index contributed by atoms with van der Waals surface area (Å²) in [5.41, 5.74) is 0.308. The lowest BCUT2D eigenvalue weighted by Gasteiger charge is -2.59. The summed E-state index contributed by atoms with van der Waals surface area (Å²) in [6, 6.07) is 0.125. The van der Waals surface area contributed by atoms with Gasteiger partial charge in [-0.2, -0.15) is 0 Å².